The molecule has 2 unspecified atom stereocenters. The van der Waals surface area contributed by atoms with E-state index < -0.39 is 0 Å². The third kappa shape index (κ3) is 2.95. The second-order valence-corrected chi connectivity index (χ2v) is 4.29. The number of nitrogens with zero attached hydrogens (tertiary/aromatic N) is 1. The van der Waals surface area contributed by atoms with Crippen LogP contribution in [0.3, 0.4) is 0 Å². The first-order valence-corrected chi connectivity index (χ1v) is 5.92. The molecule has 15 heavy (non-hydrogen) atoms. The molecule has 1 aliphatic rings. The highest BCUT2D eigenvalue weighted by Crippen LogP contribution is 2.25. The van der Waals surface area contributed by atoms with E-state index >= 15 is 0 Å². The minimum atomic E-state index is 0.0308. The summed E-state index contributed by atoms with van der Waals surface area (Å²) in [5.74, 6) is 0.278. The van der Waals surface area contributed by atoms with Gasteiger partial charge in [-0.3, -0.25) is 4.79 Å². The molecule has 1 saturated carbocycles. The lowest BCUT2D eigenvalue weighted by atomic mass is 10.00. The van der Waals surface area contributed by atoms with Gasteiger partial charge in [0.05, 0.1) is 12.0 Å². The van der Waals surface area contributed by atoms with Gasteiger partial charge in [-0.2, -0.15) is 5.26 Å². The number of hydrogen-bond donors (Lipinski definition) is 1. The van der Waals surface area contributed by atoms with E-state index in [4.69, 9.17) is 5.26 Å². The summed E-state index contributed by atoms with van der Waals surface area (Å²) in [4.78, 5) is 11.8. The minimum absolute atomic E-state index is 0.0308. The number of rotatable bonds is 4. The Kier molecular flexibility index (Phi) is 4.61. The van der Waals surface area contributed by atoms with Crippen LogP contribution in [0.2, 0.25) is 0 Å². The molecule has 0 aromatic heterocycles. The molecule has 84 valence electrons. The Morgan fingerprint density at radius 2 is 2.13 bits per heavy atom. The molecular formula is C12H20N2O. The molecule has 1 N–H and O–H groups in total. The van der Waals surface area contributed by atoms with Crippen LogP contribution in [0.15, 0.2) is 0 Å². The van der Waals surface area contributed by atoms with Crippen LogP contribution in [0.25, 0.3) is 0 Å². The van der Waals surface area contributed by atoms with Crippen molar-refractivity contribution in [3.63, 3.8) is 0 Å². The van der Waals surface area contributed by atoms with Crippen molar-refractivity contribution in [3.8, 4) is 6.07 Å². The highest BCUT2D eigenvalue weighted by molar-refractivity contribution is 5.78. The van der Waals surface area contributed by atoms with Crippen molar-refractivity contribution in [3.05, 3.63) is 0 Å². The molecule has 1 fully saturated rings. The third-order valence-electron chi connectivity index (χ3n) is 3.37. The van der Waals surface area contributed by atoms with Crippen molar-refractivity contribution in [1.29, 1.82) is 5.26 Å². The highest BCUT2D eigenvalue weighted by Gasteiger charge is 2.29. The Balaban J connectivity index is 2.47. The molecule has 0 spiro atoms. The Morgan fingerprint density at radius 1 is 1.47 bits per heavy atom. The Labute approximate surface area is 91.9 Å². The van der Waals surface area contributed by atoms with E-state index in [1.165, 1.54) is 0 Å². The van der Waals surface area contributed by atoms with Gasteiger partial charge in [0.2, 0.25) is 5.91 Å². The van der Waals surface area contributed by atoms with E-state index in [1.54, 1.807) is 0 Å². The molecule has 0 radical (unpaired) electrons. The number of nitriles is 1. The first-order valence-electron chi connectivity index (χ1n) is 5.92. The summed E-state index contributed by atoms with van der Waals surface area (Å²) in [5.41, 5.74) is 0. The quantitative estimate of drug-likeness (QED) is 0.770. The van der Waals surface area contributed by atoms with Crippen LogP contribution in [0, 0.1) is 23.2 Å². The van der Waals surface area contributed by atoms with Gasteiger partial charge < -0.3 is 5.32 Å². The van der Waals surface area contributed by atoms with Gasteiger partial charge in [0.25, 0.3) is 0 Å². The van der Waals surface area contributed by atoms with Crippen molar-refractivity contribution in [1.82, 2.24) is 5.32 Å². The zero-order valence-corrected chi connectivity index (χ0v) is 9.62. The summed E-state index contributed by atoms with van der Waals surface area (Å²) >= 11 is 0. The number of hydrogen-bond acceptors (Lipinski definition) is 2. The average molecular weight is 208 g/mol. The molecule has 1 amide bonds. The maximum absolute atomic E-state index is 11.8. The standard InChI is InChI=1S/C12H20N2O/c1-3-9(4-2)12(15)14-11-7-5-6-10(11)8-13/h9-11H,3-7H2,1-2H3,(H,14,15). The molecule has 0 aromatic carbocycles. The lowest BCUT2D eigenvalue weighted by Crippen LogP contribution is -2.40. The molecule has 1 aliphatic carbocycles. The molecule has 0 bridgehead atoms. The number of carbonyl (C=O) groups excluding carboxylic acids is 1. The van der Waals surface area contributed by atoms with Gasteiger partial charge in [0, 0.05) is 12.0 Å². The van der Waals surface area contributed by atoms with Crippen LogP contribution < -0.4 is 5.32 Å². The van der Waals surface area contributed by atoms with E-state index in [9.17, 15) is 4.79 Å². The first kappa shape index (κ1) is 12.0. The topological polar surface area (TPSA) is 52.9 Å². The van der Waals surface area contributed by atoms with Crippen molar-refractivity contribution in [2.45, 2.75) is 52.0 Å². The SMILES string of the molecule is CCC(CC)C(=O)NC1CCCC1C#N. The molecule has 0 aliphatic heterocycles. The number of amides is 1. The van der Waals surface area contributed by atoms with Crippen molar-refractivity contribution in [2.75, 3.05) is 0 Å². The van der Waals surface area contributed by atoms with Crippen LogP contribution in [0.1, 0.15) is 46.0 Å². The Bertz CT molecular complexity index is 253. The maximum Gasteiger partial charge on any atom is 0.223 e. The molecular weight excluding hydrogens is 188 g/mol. The molecule has 0 heterocycles. The second-order valence-electron chi connectivity index (χ2n) is 4.29. The van der Waals surface area contributed by atoms with E-state index in [1.807, 2.05) is 13.8 Å². The molecule has 2 atom stereocenters. The van der Waals surface area contributed by atoms with Gasteiger partial charge in [0.1, 0.15) is 0 Å². The maximum atomic E-state index is 11.8. The Morgan fingerprint density at radius 3 is 2.67 bits per heavy atom. The number of nitrogens with one attached hydrogen (secondary N) is 1. The van der Waals surface area contributed by atoms with Crippen LogP contribution in [0.5, 0.6) is 0 Å². The van der Waals surface area contributed by atoms with E-state index in [2.05, 4.69) is 11.4 Å². The monoisotopic (exact) mass is 208 g/mol. The first-order chi connectivity index (χ1) is 7.22. The van der Waals surface area contributed by atoms with Crippen molar-refractivity contribution in [2.24, 2.45) is 11.8 Å². The van der Waals surface area contributed by atoms with Gasteiger partial charge in [-0.15, -0.1) is 0 Å². The van der Waals surface area contributed by atoms with E-state index in [0.29, 0.717) is 0 Å². The van der Waals surface area contributed by atoms with Gasteiger partial charge in [-0.05, 0) is 32.1 Å². The summed E-state index contributed by atoms with van der Waals surface area (Å²) in [6, 6.07) is 2.38. The molecule has 0 saturated heterocycles. The second kappa shape index (κ2) is 5.75. The van der Waals surface area contributed by atoms with Crippen molar-refractivity contribution >= 4 is 5.91 Å². The summed E-state index contributed by atoms with van der Waals surface area (Å²) in [6.07, 6.45) is 4.72. The largest absolute Gasteiger partial charge is 0.352 e. The Hall–Kier alpha value is -1.04. The lowest BCUT2D eigenvalue weighted by molar-refractivity contribution is -0.126. The summed E-state index contributed by atoms with van der Waals surface area (Å²) in [6.45, 7) is 4.06. The van der Waals surface area contributed by atoms with Gasteiger partial charge in [-0.25, -0.2) is 0 Å². The molecule has 0 aromatic rings. The molecule has 3 nitrogen and oxygen atoms in total. The van der Waals surface area contributed by atoms with E-state index in [-0.39, 0.29) is 23.8 Å². The molecule has 1 rings (SSSR count). The zero-order valence-electron chi connectivity index (χ0n) is 9.62. The lowest BCUT2D eigenvalue weighted by Gasteiger charge is -2.19. The average Bonchev–Trinajstić information content (AvgIpc) is 2.67. The van der Waals surface area contributed by atoms with Crippen LogP contribution in [0.4, 0.5) is 0 Å². The van der Waals surface area contributed by atoms with Crippen LogP contribution in [-0.4, -0.2) is 11.9 Å². The van der Waals surface area contributed by atoms with Crippen LogP contribution >= 0.6 is 0 Å². The fourth-order valence-electron chi connectivity index (χ4n) is 2.25. The number of carbonyl (C=O) groups is 1. The fraction of sp³-hybridized carbons (Fsp3) is 0.833. The third-order valence-corrected chi connectivity index (χ3v) is 3.37. The summed E-state index contributed by atoms with van der Waals surface area (Å²) in [7, 11) is 0. The predicted molar refractivity (Wildman–Crippen MR) is 59.0 cm³/mol. The van der Waals surface area contributed by atoms with Crippen molar-refractivity contribution < 1.29 is 4.79 Å². The summed E-state index contributed by atoms with van der Waals surface area (Å²) < 4.78 is 0. The smallest absolute Gasteiger partial charge is 0.223 e. The van der Waals surface area contributed by atoms with E-state index in [0.717, 1.165) is 32.1 Å². The van der Waals surface area contributed by atoms with Crippen LogP contribution in [-0.2, 0) is 4.79 Å². The zero-order chi connectivity index (χ0) is 11.3. The van der Waals surface area contributed by atoms with Gasteiger partial charge in [0.15, 0.2) is 0 Å². The highest BCUT2D eigenvalue weighted by atomic mass is 16.1. The van der Waals surface area contributed by atoms with Gasteiger partial charge in [-0.1, -0.05) is 13.8 Å². The predicted octanol–water partition coefficient (Wildman–Crippen LogP) is 2.23. The van der Waals surface area contributed by atoms with Gasteiger partial charge >= 0.3 is 0 Å². The minimum Gasteiger partial charge on any atom is -0.352 e. The summed E-state index contributed by atoms with van der Waals surface area (Å²) in [5, 5.41) is 11.9. The fourth-order valence-corrected chi connectivity index (χ4v) is 2.25. The normalized spacial score (nSPS) is 25.2. The molecule has 3 heteroatoms.